The van der Waals surface area contributed by atoms with Gasteiger partial charge in [-0.15, -0.1) is 0 Å². The number of unbranched alkanes of at least 4 members (excludes halogenated alkanes) is 1. The van der Waals surface area contributed by atoms with Crippen LogP contribution in [-0.2, 0) is 24.5 Å². The highest BCUT2D eigenvalue weighted by atomic mass is 16.6. The van der Waals surface area contributed by atoms with Crippen molar-refractivity contribution in [1.29, 1.82) is 0 Å². The highest BCUT2D eigenvalue weighted by Gasteiger charge is 2.38. The van der Waals surface area contributed by atoms with Gasteiger partial charge in [0.15, 0.2) is 0 Å². The van der Waals surface area contributed by atoms with Crippen molar-refractivity contribution in [3.05, 3.63) is 162 Å². The fourth-order valence-corrected chi connectivity index (χ4v) is 4.72. The summed E-state index contributed by atoms with van der Waals surface area (Å²) in [6, 6.07) is 39.9. The highest BCUT2D eigenvalue weighted by Crippen LogP contribution is 2.45. The van der Waals surface area contributed by atoms with E-state index in [1.807, 2.05) is 30.3 Å². The molecule has 0 bridgehead atoms. The quantitative estimate of drug-likeness (QED) is 0.0676. The highest BCUT2D eigenvalue weighted by molar-refractivity contribution is 5.87. The molecule has 4 rings (SSSR count). The summed E-state index contributed by atoms with van der Waals surface area (Å²) in [5.41, 5.74) is 5.06. The molecular formula is C39H42O5. The van der Waals surface area contributed by atoms with Crippen molar-refractivity contribution < 1.29 is 23.8 Å². The third-order valence-electron chi connectivity index (χ3n) is 6.92. The van der Waals surface area contributed by atoms with Crippen molar-refractivity contribution in [1.82, 2.24) is 0 Å². The van der Waals surface area contributed by atoms with E-state index >= 15 is 0 Å². The van der Waals surface area contributed by atoms with Gasteiger partial charge in [-0.25, -0.2) is 9.59 Å². The van der Waals surface area contributed by atoms with E-state index in [2.05, 4.69) is 105 Å². The van der Waals surface area contributed by atoms with Crippen molar-refractivity contribution >= 4 is 11.9 Å². The van der Waals surface area contributed by atoms with Crippen LogP contribution in [0.5, 0.6) is 5.75 Å². The van der Waals surface area contributed by atoms with Gasteiger partial charge in [-0.3, -0.25) is 0 Å². The van der Waals surface area contributed by atoms with Gasteiger partial charge in [0.25, 0.3) is 0 Å². The van der Waals surface area contributed by atoms with Crippen molar-refractivity contribution in [2.24, 2.45) is 0 Å². The van der Waals surface area contributed by atoms with Gasteiger partial charge >= 0.3 is 11.9 Å². The summed E-state index contributed by atoms with van der Waals surface area (Å²) >= 11 is 0. The lowest BCUT2D eigenvalue weighted by molar-refractivity contribution is -0.140. The molecule has 0 radical (unpaired) electrons. The third-order valence-corrected chi connectivity index (χ3v) is 6.92. The Morgan fingerprint density at radius 2 is 0.955 bits per heavy atom. The molecule has 228 valence electrons. The molecule has 0 spiro atoms. The van der Waals surface area contributed by atoms with Gasteiger partial charge in [0.1, 0.15) is 19.0 Å². The number of carbonyl (C=O) groups is 2. The standard InChI is InChI=1S/C31H28O3.C8H14O2/c1-24(2)30(32)34-23-22-33-29-20-18-28(19-21-29)31(25-12-6-3-7-13-25,26-14-8-4-9-15-26)27-16-10-5-11-17-27;1-4-5-6-10-8(9)7(2)3/h3-21H,1,22-23H2,2H3;2,4-6H2,1,3H3. The van der Waals surface area contributed by atoms with E-state index in [0.29, 0.717) is 17.8 Å². The maximum Gasteiger partial charge on any atom is 0.333 e. The Hall–Kier alpha value is -4.90. The maximum atomic E-state index is 11.5. The van der Waals surface area contributed by atoms with Crippen LogP contribution >= 0.6 is 0 Å². The summed E-state index contributed by atoms with van der Waals surface area (Å²) in [5.74, 6) is 0.0315. The molecule has 4 aromatic carbocycles. The Labute approximate surface area is 261 Å². The molecule has 0 aliphatic heterocycles. The minimum atomic E-state index is -0.487. The Morgan fingerprint density at radius 1 is 0.568 bits per heavy atom. The molecule has 44 heavy (non-hydrogen) atoms. The smallest absolute Gasteiger partial charge is 0.333 e. The lowest BCUT2D eigenvalue weighted by atomic mass is 9.65. The van der Waals surface area contributed by atoms with Crippen LogP contribution in [0.25, 0.3) is 0 Å². The Balaban J connectivity index is 0.000000456. The molecule has 0 aliphatic rings. The molecule has 0 atom stereocenters. The van der Waals surface area contributed by atoms with E-state index < -0.39 is 11.4 Å². The predicted octanol–water partition coefficient (Wildman–Crippen LogP) is 8.47. The zero-order valence-corrected chi connectivity index (χ0v) is 26.0. The number of esters is 2. The molecule has 0 N–H and O–H groups in total. The van der Waals surface area contributed by atoms with Crippen molar-refractivity contribution in [3.63, 3.8) is 0 Å². The van der Waals surface area contributed by atoms with E-state index in [1.165, 1.54) is 16.7 Å². The first-order valence-corrected chi connectivity index (χ1v) is 14.9. The third kappa shape index (κ3) is 9.05. The Morgan fingerprint density at radius 3 is 1.34 bits per heavy atom. The van der Waals surface area contributed by atoms with Crippen LogP contribution < -0.4 is 4.74 Å². The predicted molar refractivity (Wildman–Crippen MR) is 177 cm³/mol. The van der Waals surface area contributed by atoms with Crippen LogP contribution in [0, 0.1) is 0 Å². The average molecular weight is 591 g/mol. The minimum absolute atomic E-state index is 0.176. The number of hydrogen-bond donors (Lipinski definition) is 0. The van der Waals surface area contributed by atoms with E-state index in [-0.39, 0.29) is 19.2 Å². The zero-order chi connectivity index (χ0) is 31.8. The van der Waals surface area contributed by atoms with Gasteiger partial charge < -0.3 is 14.2 Å². The molecule has 0 heterocycles. The Bertz CT molecular complexity index is 1380. The molecular weight excluding hydrogens is 548 g/mol. The first-order chi connectivity index (χ1) is 21.3. The normalized spacial score (nSPS) is 10.5. The van der Waals surface area contributed by atoms with E-state index in [9.17, 15) is 9.59 Å². The van der Waals surface area contributed by atoms with E-state index in [1.54, 1.807) is 13.8 Å². The molecule has 0 saturated carbocycles. The SMILES string of the molecule is C=C(C)C(=O)OCCCC.C=C(C)C(=O)OCCOc1ccc(C(c2ccccc2)(c2ccccc2)c2ccccc2)cc1. The molecule has 0 aromatic heterocycles. The van der Waals surface area contributed by atoms with Crippen molar-refractivity contribution in [2.75, 3.05) is 19.8 Å². The first kappa shape index (κ1) is 33.6. The second-order valence-electron chi connectivity index (χ2n) is 10.4. The number of hydrogen-bond acceptors (Lipinski definition) is 5. The minimum Gasteiger partial charge on any atom is -0.490 e. The first-order valence-electron chi connectivity index (χ1n) is 14.9. The van der Waals surface area contributed by atoms with Gasteiger partial charge in [0, 0.05) is 11.1 Å². The molecule has 5 nitrogen and oxygen atoms in total. The summed E-state index contributed by atoms with van der Waals surface area (Å²) in [4.78, 5) is 22.2. The fourth-order valence-electron chi connectivity index (χ4n) is 4.72. The van der Waals surface area contributed by atoms with Crippen LogP contribution in [0.3, 0.4) is 0 Å². The van der Waals surface area contributed by atoms with Crippen molar-refractivity contribution in [3.8, 4) is 5.75 Å². The molecule has 0 saturated heterocycles. The van der Waals surface area contributed by atoms with Crippen LogP contribution in [0.1, 0.15) is 55.9 Å². The number of benzene rings is 4. The van der Waals surface area contributed by atoms with Gasteiger partial charge in [-0.1, -0.05) is 130 Å². The summed E-state index contributed by atoms with van der Waals surface area (Å²) in [6.07, 6.45) is 1.97. The Kier molecular flexibility index (Phi) is 13.2. The maximum absolute atomic E-state index is 11.5. The van der Waals surface area contributed by atoms with E-state index in [0.717, 1.165) is 24.2 Å². The second-order valence-corrected chi connectivity index (χ2v) is 10.4. The van der Waals surface area contributed by atoms with Gasteiger partial charge in [0.2, 0.25) is 0 Å². The second kappa shape index (κ2) is 17.3. The van der Waals surface area contributed by atoms with Gasteiger partial charge in [-0.05, 0) is 54.7 Å². The molecule has 0 amide bonds. The molecule has 4 aromatic rings. The van der Waals surface area contributed by atoms with Crippen LogP contribution in [-0.4, -0.2) is 31.8 Å². The topological polar surface area (TPSA) is 61.8 Å². The average Bonchev–Trinajstić information content (AvgIpc) is 3.06. The summed E-state index contributed by atoms with van der Waals surface area (Å²) in [5, 5.41) is 0. The lowest BCUT2D eigenvalue weighted by Gasteiger charge is -2.36. The molecule has 0 aliphatic carbocycles. The fraction of sp³-hybridized carbons (Fsp3) is 0.231. The molecule has 0 unspecified atom stereocenters. The van der Waals surface area contributed by atoms with Crippen LogP contribution in [0.4, 0.5) is 0 Å². The monoisotopic (exact) mass is 590 g/mol. The number of ether oxygens (including phenoxy) is 3. The molecule has 0 fully saturated rings. The molecule has 5 heteroatoms. The largest absolute Gasteiger partial charge is 0.490 e. The summed E-state index contributed by atoms with van der Waals surface area (Å²) < 4.78 is 15.7. The zero-order valence-electron chi connectivity index (χ0n) is 26.0. The number of carbonyl (C=O) groups excluding carboxylic acids is 2. The van der Waals surface area contributed by atoms with Crippen LogP contribution in [0.15, 0.2) is 140 Å². The van der Waals surface area contributed by atoms with Crippen molar-refractivity contribution in [2.45, 2.75) is 39.0 Å². The summed E-state index contributed by atoms with van der Waals surface area (Å²) in [6.45, 7) is 13.3. The lowest BCUT2D eigenvalue weighted by Crippen LogP contribution is -2.30. The van der Waals surface area contributed by atoms with Crippen LogP contribution in [0.2, 0.25) is 0 Å². The van der Waals surface area contributed by atoms with Gasteiger partial charge in [0.05, 0.1) is 12.0 Å². The van der Waals surface area contributed by atoms with Gasteiger partial charge in [-0.2, -0.15) is 0 Å². The number of rotatable bonds is 13. The summed E-state index contributed by atoms with van der Waals surface area (Å²) in [7, 11) is 0. The van der Waals surface area contributed by atoms with E-state index in [4.69, 9.17) is 14.2 Å².